The number of carbonyl (C=O) groups excluding carboxylic acids is 2. The minimum absolute atomic E-state index is 0.103. The third kappa shape index (κ3) is 4.53. The Morgan fingerprint density at radius 2 is 2.09 bits per heavy atom. The molecule has 6 nitrogen and oxygen atoms in total. The van der Waals surface area contributed by atoms with Crippen LogP contribution in [0.2, 0.25) is 0 Å². The number of benzene rings is 1. The minimum atomic E-state index is -0.718. The zero-order valence-corrected chi connectivity index (χ0v) is 13.4. The van der Waals surface area contributed by atoms with Crippen molar-refractivity contribution in [2.24, 2.45) is 0 Å². The number of amides is 2. The van der Waals surface area contributed by atoms with Crippen LogP contribution in [0.25, 0.3) is 0 Å². The van der Waals surface area contributed by atoms with Gasteiger partial charge in [0.15, 0.2) is 6.10 Å². The topological polar surface area (TPSA) is 78.9 Å². The van der Waals surface area contributed by atoms with Crippen molar-refractivity contribution in [1.82, 2.24) is 10.2 Å². The average molecular weight is 320 g/mol. The Kier molecular flexibility index (Phi) is 6.55. The largest absolute Gasteiger partial charge is 0.396 e. The summed E-state index contributed by atoms with van der Waals surface area (Å²) in [6, 6.07) is 8.91. The van der Waals surface area contributed by atoms with Gasteiger partial charge in [0, 0.05) is 19.7 Å². The van der Waals surface area contributed by atoms with Gasteiger partial charge in [-0.15, -0.1) is 0 Å². The summed E-state index contributed by atoms with van der Waals surface area (Å²) >= 11 is 0. The molecule has 0 aliphatic carbocycles. The van der Waals surface area contributed by atoms with Gasteiger partial charge in [-0.2, -0.15) is 0 Å². The molecule has 23 heavy (non-hydrogen) atoms. The third-order valence-electron chi connectivity index (χ3n) is 3.94. The lowest BCUT2D eigenvalue weighted by Crippen LogP contribution is -2.53. The number of carbonyl (C=O) groups is 2. The molecule has 0 bridgehead atoms. The average Bonchev–Trinajstić information content (AvgIpc) is 2.59. The molecule has 1 saturated heterocycles. The predicted octanol–water partition coefficient (Wildman–Crippen LogP) is 0.864. The molecular weight excluding hydrogens is 296 g/mol. The number of aliphatic hydroxyl groups is 1. The maximum Gasteiger partial charge on any atom is 0.254 e. The highest BCUT2D eigenvalue weighted by molar-refractivity contribution is 5.86. The van der Waals surface area contributed by atoms with Crippen molar-refractivity contribution in [3.05, 3.63) is 35.9 Å². The van der Waals surface area contributed by atoms with Gasteiger partial charge in [0.2, 0.25) is 5.91 Å². The molecule has 0 spiro atoms. The summed E-state index contributed by atoms with van der Waals surface area (Å²) in [7, 11) is 0. The van der Waals surface area contributed by atoms with E-state index < -0.39 is 12.1 Å². The second kappa shape index (κ2) is 8.64. The fraction of sp³-hybridized carbons (Fsp3) is 0.529. The number of likely N-dealkylation sites (N-methyl/N-ethyl adjacent to an activating group) is 1. The van der Waals surface area contributed by atoms with E-state index in [2.05, 4.69) is 5.32 Å². The number of nitrogens with one attached hydrogen (secondary N) is 1. The second-order valence-corrected chi connectivity index (χ2v) is 5.54. The summed E-state index contributed by atoms with van der Waals surface area (Å²) in [4.78, 5) is 26.2. The Bertz CT molecular complexity index is 521. The van der Waals surface area contributed by atoms with Gasteiger partial charge >= 0.3 is 0 Å². The first kappa shape index (κ1) is 17.4. The fourth-order valence-corrected chi connectivity index (χ4v) is 2.70. The van der Waals surface area contributed by atoms with Crippen LogP contribution >= 0.6 is 0 Å². The molecule has 0 aromatic heterocycles. The molecule has 1 fully saturated rings. The Morgan fingerprint density at radius 3 is 2.74 bits per heavy atom. The standard InChI is InChI=1S/C17H24N2O4/c1-2-19(10-6-7-11-20)17(22)16-15(18-14(21)12-23-16)13-8-4-3-5-9-13/h3-5,8-9,15-16,20H,2,6-7,10-12H2,1H3,(H,18,21)/t15-,16+/m1/s1. The Hall–Kier alpha value is -1.92. The highest BCUT2D eigenvalue weighted by atomic mass is 16.5. The molecule has 6 heteroatoms. The van der Waals surface area contributed by atoms with Gasteiger partial charge in [0.1, 0.15) is 6.61 Å². The Balaban J connectivity index is 2.13. The molecular formula is C17H24N2O4. The normalized spacial score (nSPS) is 20.9. The molecule has 2 atom stereocenters. The maximum atomic E-state index is 12.8. The molecule has 1 aliphatic heterocycles. The first-order valence-electron chi connectivity index (χ1n) is 8.03. The SMILES string of the molecule is CCN(CCCCO)C(=O)[C@H]1OCC(=O)N[C@@H]1c1ccccc1. The van der Waals surface area contributed by atoms with Gasteiger partial charge < -0.3 is 20.1 Å². The van der Waals surface area contributed by atoms with Crippen LogP contribution in [-0.4, -0.2) is 54.2 Å². The van der Waals surface area contributed by atoms with Crippen molar-refractivity contribution in [1.29, 1.82) is 0 Å². The molecule has 0 radical (unpaired) electrons. The first-order valence-corrected chi connectivity index (χ1v) is 8.03. The zero-order valence-electron chi connectivity index (χ0n) is 13.4. The number of rotatable bonds is 7. The molecule has 2 rings (SSSR count). The van der Waals surface area contributed by atoms with Crippen molar-refractivity contribution >= 4 is 11.8 Å². The molecule has 1 aliphatic rings. The molecule has 0 unspecified atom stereocenters. The monoisotopic (exact) mass is 320 g/mol. The Labute approximate surface area is 136 Å². The molecule has 1 heterocycles. The number of hydrogen-bond acceptors (Lipinski definition) is 4. The number of unbranched alkanes of at least 4 members (excludes halogenated alkanes) is 1. The van der Waals surface area contributed by atoms with Gasteiger partial charge in [-0.1, -0.05) is 30.3 Å². The molecule has 0 saturated carbocycles. The van der Waals surface area contributed by atoms with Crippen LogP contribution in [-0.2, 0) is 14.3 Å². The van der Waals surface area contributed by atoms with Crippen molar-refractivity contribution in [2.45, 2.75) is 31.9 Å². The van der Waals surface area contributed by atoms with Gasteiger partial charge in [0.25, 0.3) is 5.91 Å². The van der Waals surface area contributed by atoms with E-state index in [1.807, 2.05) is 37.3 Å². The molecule has 126 valence electrons. The van der Waals surface area contributed by atoms with Crippen LogP contribution in [0.4, 0.5) is 0 Å². The van der Waals surface area contributed by atoms with Crippen molar-refractivity contribution in [2.75, 3.05) is 26.3 Å². The summed E-state index contributed by atoms with van der Waals surface area (Å²) < 4.78 is 5.56. The van der Waals surface area contributed by atoms with E-state index in [9.17, 15) is 9.59 Å². The summed E-state index contributed by atoms with van der Waals surface area (Å²) in [5.74, 6) is -0.342. The van der Waals surface area contributed by atoms with Crippen LogP contribution in [0.1, 0.15) is 31.4 Å². The van der Waals surface area contributed by atoms with E-state index in [1.165, 1.54) is 0 Å². The van der Waals surface area contributed by atoms with Crippen LogP contribution in [0.3, 0.4) is 0 Å². The lowest BCUT2D eigenvalue weighted by Gasteiger charge is -2.35. The van der Waals surface area contributed by atoms with Gasteiger partial charge in [0.05, 0.1) is 6.04 Å². The summed E-state index contributed by atoms with van der Waals surface area (Å²) in [6.45, 7) is 3.07. The second-order valence-electron chi connectivity index (χ2n) is 5.54. The minimum Gasteiger partial charge on any atom is -0.396 e. The number of aliphatic hydroxyl groups excluding tert-OH is 1. The fourth-order valence-electron chi connectivity index (χ4n) is 2.70. The van der Waals surface area contributed by atoms with Crippen LogP contribution in [0.5, 0.6) is 0 Å². The zero-order chi connectivity index (χ0) is 16.7. The van der Waals surface area contributed by atoms with Gasteiger partial charge in [-0.25, -0.2) is 0 Å². The van der Waals surface area contributed by atoms with Crippen molar-refractivity contribution in [3.8, 4) is 0 Å². The summed E-state index contributed by atoms with van der Waals surface area (Å²) in [6.07, 6.45) is 0.684. The predicted molar refractivity (Wildman–Crippen MR) is 85.6 cm³/mol. The smallest absolute Gasteiger partial charge is 0.254 e. The quantitative estimate of drug-likeness (QED) is 0.731. The highest BCUT2D eigenvalue weighted by Crippen LogP contribution is 2.24. The number of nitrogens with zero attached hydrogens (tertiary/aromatic N) is 1. The van der Waals surface area contributed by atoms with E-state index in [1.54, 1.807) is 4.90 Å². The summed E-state index contributed by atoms with van der Waals surface area (Å²) in [5.41, 5.74) is 0.852. The van der Waals surface area contributed by atoms with E-state index >= 15 is 0 Å². The van der Waals surface area contributed by atoms with E-state index in [-0.39, 0.29) is 25.0 Å². The van der Waals surface area contributed by atoms with E-state index in [0.29, 0.717) is 19.5 Å². The first-order chi connectivity index (χ1) is 11.2. The van der Waals surface area contributed by atoms with Crippen molar-refractivity contribution in [3.63, 3.8) is 0 Å². The number of ether oxygens (including phenoxy) is 1. The van der Waals surface area contributed by atoms with E-state index in [0.717, 1.165) is 12.0 Å². The van der Waals surface area contributed by atoms with Gasteiger partial charge in [-0.3, -0.25) is 9.59 Å². The third-order valence-corrected chi connectivity index (χ3v) is 3.94. The number of morpholine rings is 1. The lowest BCUT2D eigenvalue weighted by atomic mass is 9.98. The molecule has 1 aromatic carbocycles. The van der Waals surface area contributed by atoms with Crippen molar-refractivity contribution < 1.29 is 19.4 Å². The Morgan fingerprint density at radius 1 is 1.35 bits per heavy atom. The van der Waals surface area contributed by atoms with Crippen LogP contribution < -0.4 is 5.32 Å². The van der Waals surface area contributed by atoms with Crippen LogP contribution in [0.15, 0.2) is 30.3 Å². The van der Waals surface area contributed by atoms with Gasteiger partial charge in [-0.05, 0) is 25.3 Å². The maximum absolute atomic E-state index is 12.8. The summed E-state index contributed by atoms with van der Waals surface area (Å²) in [5, 5.41) is 11.7. The highest BCUT2D eigenvalue weighted by Gasteiger charge is 2.37. The number of hydrogen-bond donors (Lipinski definition) is 2. The van der Waals surface area contributed by atoms with E-state index in [4.69, 9.17) is 9.84 Å². The molecule has 2 amide bonds. The molecule has 1 aromatic rings. The van der Waals surface area contributed by atoms with Crippen LogP contribution in [0, 0.1) is 0 Å². The molecule has 2 N–H and O–H groups in total. The lowest BCUT2D eigenvalue weighted by molar-refractivity contribution is -0.155.